The molecule has 3 N–H and O–H groups in total. The van der Waals surface area contributed by atoms with Crippen molar-refractivity contribution in [3.05, 3.63) is 23.5 Å². The Hall–Kier alpha value is -1.82. The van der Waals surface area contributed by atoms with Gasteiger partial charge in [0, 0.05) is 38.3 Å². The van der Waals surface area contributed by atoms with Gasteiger partial charge < -0.3 is 15.7 Å². The van der Waals surface area contributed by atoms with Crippen molar-refractivity contribution in [3.63, 3.8) is 0 Å². The first kappa shape index (κ1) is 15.6. The van der Waals surface area contributed by atoms with Gasteiger partial charge in [0.2, 0.25) is 0 Å². The van der Waals surface area contributed by atoms with Gasteiger partial charge in [0.25, 0.3) is 0 Å². The number of hydrogen-bond acceptors (Lipinski definition) is 4. The zero-order valence-electron chi connectivity index (χ0n) is 12.5. The summed E-state index contributed by atoms with van der Waals surface area (Å²) in [5.41, 5.74) is 6.41. The highest BCUT2D eigenvalue weighted by Crippen LogP contribution is 2.28. The summed E-state index contributed by atoms with van der Waals surface area (Å²) in [4.78, 5) is 15.3. The van der Waals surface area contributed by atoms with Crippen LogP contribution in [0.2, 0.25) is 0 Å². The minimum Gasteiger partial charge on any atom is -0.478 e. The molecule has 21 heavy (non-hydrogen) atoms. The molecule has 0 aromatic heterocycles. The van der Waals surface area contributed by atoms with Crippen molar-refractivity contribution in [2.45, 2.75) is 26.3 Å². The van der Waals surface area contributed by atoms with Crippen LogP contribution >= 0.6 is 0 Å². The van der Waals surface area contributed by atoms with Crippen LogP contribution < -0.4 is 10.6 Å². The highest BCUT2D eigenvalue weighted by Gasteiger charge is 2.23. The molecular formula is C15H22FN3O2. The molecule has 1 aromatic carbocycles. The quantitative estimate of drug-likeness (QED) is 0.832. The molecule has 1 aliphatic rings. The van der Waals surface area contributed by atoms with Gasteiger partial charge >= 0.3 is 5.97 Å². The lowest BCUT2D eigenvalue weighted by Gasteiger charge is -2.39. The second-order valence-electron chi connectivity index (χ2n) is 5.48. The Morgan fingerprint density at radius 2 is 2.00 bits per heavy atom. The second kappa shape index (κ2) is 6.30. The lowest BCUT2D eigenvalue weighted by Crippen LogP contribution is -2.49. The highest BCUT2D eigenvalue weighted by atomic mass is 19.1. The van der Waals surface area contributed by atoms with Gasteiger partial charge in [-0.3, -0.25) is 4.90 Å². The van der Waals surface area contributed by atoms with Gasteiger partial charge in [-0.25, -0.2) is 9.18 Å². The maximum Gasteiger partial charge on any atom is 0.338 e. The largest absolute Gasteiger partial charge is 0.478 e. The van der Waals surface area contributed by atoms with Gasteiger partial charge in [-0.05, 0) is 19.4 Å². The number of carboxylic acid groups (broad SMARTS) is 1. The molecule has 1 fully saturated rings. The Morgan fingerprint density at radius 1 is 1.38 bits per heavy atom. The molecule has 1 saturated heterocycles. The van der Waals surface area contributed by atoms with Crippen molar-refractivity contribution in [2.24, 2.45) is 0 Å². The number of carbonyl (C=O) groups is 1. The van der Waals surface area contributed by atoms with Crippen LogP contribution in [-0.2, 0) is 0 Å². The highest BCUT2D eigenvalue weighted by molar-refractivity contribution is 5.91. The van der Waals surface area contributed by atoms with Crippen molar-refractivity contribution in [3.8, 4) is 0 Å². The van der Waals surface area contributed by atoms with Crippen LogP contribution in [0.4, 0.5) is 15.8 Å². The number of carboxylic acids is 1. The molecule has 6 heteroatoms. The first-order chi connectivity index (χ1) is 9.93. The Balaban J connectivity index is 2.14. The van der Waals surface area contributed by atoms with Gasteiger partial charge in [-0.2, -0.15) is 0 Å². The maximum atomic E-state index is 13.8. The van der Waals surface area contributed by atoms with E-state index >= 15 is 0 Å². The van der Waals surface area contributed by atoms with E-state index in [1.165, 1.54) is 12.1 Å². The Kier molecular flexibility index (Phi) is 4.67. The van der Waals surface area contributed by atoms with Crippen LogP contribution in [0, 0.1) is 5.82 Å². The van der Waals surface area contributed by atoms with Gasteiger partial charge in [-0.15, -0.1) is 0 Å². The van der Waals surface area contributed by atoms with E-state index in [-0.39, 0.29) is 5.56 Å². The van der Waals surface area contributed by atoms with Crippen LogP contribution in [0.25, 0.3) is 0 Å². The predicted octanol–water partition coefficient (Wildman–Crippen LogP) is 2.03. The van der Waals surface area contributed by atoms with Crippen molar-refractivity contribution in [1.82, 2.24) is 4.90 Å². The third-order valence-electron chi connectivity index (χ3n) is 4.22. The molecule has 1 unspecified atom stereocenters. The summed E-state index contributed by atoms with van der Waals surface area (Å²) >= 11 is 0. The maximum absolute atomic E-state index is 13.8. The van der Waals surface area contributed by atoms with E-state index < -0.39 is 11.8 Å². The topological polar surface area (TPSA) is 69.8 Å². The van der Waals surface area contributed by atoms with E-state index in [9.17, 15) is 9.18 Å². The normalized spacial score (nSPS) is 17.8. The first-order valence-corrected chi connectivity index (χ1v) is 7.25. The number of rotatable bonds is 4. The van der Waals surface area contributed by atoms with E-state index in [4.69, 9.17) is 10.8 Å². The molecule has 0 radical (unpaired) electrons. The molecule has 1 aromatic rings. The molecular weight excluding hydrogens is 273 g/mol. The van der Waals surface area contributed by atoms with Crippen molar-refractivity contribution in [1.29, 1.82) is 0 Å². The average Bonchev–Trinajstić information content (AvgIpc) is 2.48. The van der Waals surface area contributed by atoms with Crippen LogP contribution in [0.3, 0.4) is 0 Å². The summed E-state index contributed by atoms with van der Waals surface area (Å²) in [6, 6.07) is 2.97. The summed E-state index contributed by atoms with van der Waals surface area (Å²) in [5.74, 6) is -2.04. The summed E-state index contributed by atoms with van der Waals surface area (Å²) in [7, 11) is 0. The smallest absolute Gasteiger partial charge is 0.338 e. The van der Waals surface area contributed by atoms with Crippen LogP contribution in [0.5, 0.6) is 0 Å². The molecule has 0 spiro atoms. The van der Waals surface area contributed by atoms with E-state index in [1.807, 2.05) is 4.90 Å². The van der Waals surface area contributed by atoms with Gasteiger partial charge in [0.1, 0.15) is 5.82 Å². The lowest BCUT2D eigenvalue weighted by atomic mass is 10.1. The van der Waals surface area contributed by atoms with E-state index in [0.717, 1.165) is 32.6 Å². The fourth-order valence-electron chi connectivity index (χ4n) is 2.68. The van der Waals surface area contributed by atoms with Gasteiger partial charge in [0.05, 0.1) is 16.9 Å². The molecule has 2 rings (SSSR count). The zero-order valence-corrected chi connectivity index (χ0v) is 12.5. The molecule has 0 amide bonds. The minimum absolute atomic E-state index is 0.311. The number of hydrogen-bond donors (Lipinski definition) is 2. The predicted molar refractivity (Wildman–Crippen MR) is 81.3 cm³/mol. The van der Waals surface area contributed by atoms with Gasteiger partial charge in [0.15, 0.2) is 0 Å². The molecule has 116 valence electrons. The molecule has 0 saturated carbocycles. The Labute approximate surface area is 124 Å². The average molecular weight is 295 g/mol. The lowest BCUT2D eigenvalue weighted by molar-refractivity contribution is 0.0692. The summed E-state index contributed by atoms with van der Waals surface area (Å²) in [5, 5.41) is 8.90. The van der Waals surface area contributed by atoms with E-state index in [1.54, 1.807) is 0 Å². The second-order valence-corrected chi connectivity index (χ2v) is 5.48. The number of nitrogen functional groups attached to an aromatic ring is 1. The van der Waals surface area contributed by atoms with Crippen LogP contribution in [-0.4, -0.2) is 48.2 Å². The third-order valence-corrected chi connectivity index (χ3v) is 4.22. The Morgan fingerprint density at radius 3 is 2.52 bits per heavy atom. The number of nitrogens with zero attached hydrogens (tertiary/aromatic N) is 2. The first-order valence-electron chi connectivity index (χ1n) is 7.25. The standard InChI is InChI=1S/C15H22FN3O2/c1-3-10(2)18-4-6-19(7-5-18)14-9-12(16)11(15(20)21)8-13(14)17/h8-10H,3-7,17H2,1-2H3,(H,20,21). The number of aromatic carboxylic acids is 1. The van der Waals surface area contributed by atoms with Crippen LogP contribution in [0.15, 0.2) is 12.1 Å². The van der Waals surface area contributed by atoms with E-state index in [2.05, 4.69) is 18.7 Å². The third kappa shape index (κ3) is 3.26. The molecule has 1 aliphatic heterocycles. The summed E-state index contributed by atoms with van der Waals surface area (Å²) in [6.45, 7) is 7.69. The monoisotopic (exact) mass is 295 g/mol. The number of anilines is 2. The fourth-order valence-corrected chi connectivity index (χ4v) is 2.68. The number of benzene rings is 1. The molecule has 1 heterocycles. The summed E-state index contributed by atoms with van der Waals surface area (Å²) < 4.78 is 13.8. The zero-order chi connectivity index (χ0) is 15.6. The number of halogens is 1. The number of piperazine rings is 1. The van der Waals surface area contributed by atoms with Crippen molar-refractivity contribution >= 4 is 17.3 Å². The van der Waals surface area contributed by atoms with Crippen molar-refractivity contribution in [2.75, 3.05) is 36.8 Å². The SMILES string of the molecule is CCC(C)N1CCN(c2cc(F)c(C(=O)O)cc2N)CC1. The number of nitrogens with two attached hydrogens (primary N) is 1. The molecule has 0 bridgehead atoms. The molecule has 1 atom stereocenters. The summed E-state index contributed by atoms with van der Waals surface area (Å²) in [6.07, 6.45) is 1.10. The minimum atomic E-state index is -1.30. The Bertz CT molecular complexity index is 528. The van der Waals surface area contributed by atoms with Gasteiger partial charge in [-0.1, -0.05) is 6.92 Å². The fraction of sp³-hybridized carbons (Fsp3) is 0.533. The molecule has 5 nitrogen and oxygen atoms in total. The van der Waals surface area contributed by atoms with Crippen LogP contribution in [0.1, 0.15) is 30.6 Å². The molecule has 0 aliphatic carbocycles. The van der Waals surface area contributed by atoms with Crippen molar-refractivity contribution < 1.29 is 14.3 Å². The van der Waals surface area contributed by atoms with E-state index in [0.29, 0.717) is 17.4 Å².